The van der Waals surface area contributed by atoms with Crippen molar-refractivity contribution in [2.75, 3.05) is 6.61 Å². The second kappa shape index (κ2) is 13.4. The van der Waals surface area contributed by atoms with Crippen LogP contribution in [0.5, 0.6) is 5.06 Å². The van der Waals surface area contributed by atoms with Crippen molar-refractivity contribution in [2.45, 2.75) is 84.0 Å². The minimum atomic E-state index is -0.879. The van der Waals surface area contributed by atoms with Crippen molar-refractivity contribution in [1.82, 2.24) is 0 Å². The summed E-state index contributed by atoms with van der Waals surface area (Å²) in [6.07, 6.45) is 16.0. The SMILES string of the molecule is CCCCCCCCCCCCCCOc1ccc(C(=O)O)s1. The molecule has 1 rings (SSSR count). The first-order valence-electron chi connectivity index (χ1n) is 9.20. The predicted molar refractivity (Wildman–Crippen MR) is 97.9 cm³/mol. The Morgan fingerprint density at radius 1 is 0.913 bits per heavy atom. The molecule has 1 aromatic rings. The van der Waals surface area contributed by atoms with Crippen LogP contribution in [-0.4, -0.2) is 17.7 Å². The first-order valence-corrected chi connectivity index (χ1v) is 10.0. The van der Waals surface area contributed by atoms with E-state index < -0.39 is 5.97 Å². The minimum absolute atomic E-state index is 0.342. The zero-order chi connectivity index (χ0) is 16.8. The zero-order valence-corrected chi connectivity index (χ0v) is 15.3. The van der Waals surface area contributed by atoms with Crippen molar-refractivity contribution in [3.63, 3.8) is 0 Å². The van der Waals surface area contributed by atoms with Crippen LogP contribution in [0.1, 0.15) is 93.6 Å². The highest BCUT2D eigenvalue weighted by Gasteiger charge is 2.07. The third-order valence-corrected chi connectivity index (χ3v) is 5.02. The van der Waals surface area contributed by atoms with Crippen LogP contribution in [-0.2, 0) is 0 Å². The molecule has 0 aromatic carbocycles. The van der Waals surface area contributed by atoms with E-state index in [1.54, 1.807) is 12.1 Å². The summed E-state index contributed by atoms with van der Waals surface area (Å²) in [7, 11) is 0. The smallest absolute Gasteiger partial charge is 0.345 e. The van der Waals surface area contributed by atoms with Crippen molar-refractivity contribution >= 4 is 17.3 Å². The van der Waals surface area contributed by atoms with Gasteiger partial charge in [-0.1, -0.05) is 88.9 Å². The van der Waals surface area contributed by atoms with Gasteiger partial charge in [0.2, 0.25) is 0 Å². The third kappa shape index (κ3) is 10.4. The number of unbranched alkanes of at least 4 members (excludes halogenated alkanes) is 11. The Morgan fingerprint density at radius 3 is 1.91 bits per heavy atom. The second-order valence-corrected chi connectivity index (χ2v) is 7.21. The van der Waals surface area contributed by atoms with Gasteiger partial charge in [0.1, 0.15) is 4.88 Å². The first-order chi connectivity index (χ1) is 11.2. The Labute approximate surface area is 145 Å². The molecule has 0 radical (unpaired) electrons. The van der Waals surface area contributed by atoms with Gasteiger partial charge in [-0.25, -0.2) is 4.79 Å². The summed E-state index contributed by atoms with van der Waals surface area (Å²) in [5.74, 6) is -0.879. The fraction of sp³-hybridized carbons (Fsp3) is 0.737. The van der Waals surface area contributed by atoms with E-state index in [1.807, 2.05) is 0 Å². The van der Waals surface area contributed by atoms with Gasteiger partial charge in [0.05, 0.1) is 6.61 Å². The zero-order valence-electron chi connectivity index (χ0n) is 14.5. The number of hydrogen-bond acceptors (Lipinski definition) is 3. The van der Waals surface area contributed by atoms with Crippen molar-refractivity contribution in [1.29, 1.82) is 0 Å². The average Bonchev–Trinajstić information content (AvgIpc) is 3.01. The topological polar surface area (TPSA) is 46.5 Å². The molecule has 0 unspecified atom stereocenters. The molecule has 3 nitrogen and oxygen atoms in total. The lowest BCUT2D eigenvalue weighted by atomic mass is 10.1. The second-order valence-electron chi connectivity index (χ2n) is 6.16. The predicted octanol–water partition coefficient (Wildman–Crippen LogP) is 6.53. The van der Waals surface area contributed by atoms with Gasteiger partial charge in [0.25, 0.3) is 0 Å². The van der Waals surface area contributed by atoms with Crippen LogP contribution in [0.4, 0.5) is 0 Å². The van der Waals surface area contributed by atoms with Gasteiger partial charge >= 0.3 is 5.97 Å². The van der Waals surface area contributed by atoms with E-state index >= 15 is 0 Å². The molecule has 132 valence electrons. The summed E-state index contributed by atoms with van der Waals surface area (Å²) >= 11 is 1.20. The molecule has 1 N–H and O–H groups in total. The van der Waals surface area contributed by atoms with Crippen LogP contribution >= 0.6 is 11.3 Å². The van der Waals surface area contributed by atoms with E-state index in [0.29, 0.717) is 16.5 Å². The van der Waals surface area contributed by atoms with Gasteiger partial charge in [-0.2, -0.15) is 0 Å². The summed E-state index contributed by atoms with van der Waals surface area (Å²) in [5, 5.41) is 9.55. The summed E-state index contributed by atoms with van der Waals surface area (Å²) < 4.78 is 5.58. The molecule has 0 aliphatic heterocycles. The largest absolute Gasteiger partial charge is 0.484 e. The third-order valence-electron chi connectivity index (χ3n) is 4.03. The number of carboxylic acid groups (broad SMARTS) is 1. The number of ether oxygens (including phenoxy) is 1. The van der Waals surface area contributed by atoms with Gasteiger partial charge in [-0.3, -0.25) is 0 Å². The quantitative estimate of drug-likeness (QED) is 0.369. The Morgan fingerprint density at radius 2 is 1.43 bits per heavy atom. The van der Waals surface area contributed by atoms with E-state index in [4.69, 9.17) is 9.84 Å². The van der Waals surface area contributed by atoms with Gasteiger partial charge in [-0.05, 0) is 18.6 Å². The van der Waals surface area contributed by atoms with Crippen LogP contribution in [0.25, 0.3) is 0 Å². The van der Waals surface area contributed by atoms with E-state index in [2.05, 4.69) is 6.92 Å². The molecule has 0 atom stereocenters. The molecule has 0 aliphatic carbocycles. The molecule has 0 amide bonds. The van der Waals surface area contributed by atoms with Crippen LogP contribution in [0.15, 0.2) is 12.1 Å². The van der Waals surface area contributed by atoms with Crippen LogP contribution in [0, 0.1) is 0 Å². The molecule has 1 aromatic heterocycles. The van der Waals surface area contributed by atoms with E-state index in [0.717, 1.165) is 6.42 Å². The molecular weight excluding hydrogens is 308 g/mol. The Bertz CT molecular complexity index is 415. The van der Waals surface area contributed by atoms with Crippen LogP contribution in [0.2, 0.25) is 0 Å². The summed E-state index contributed by atoms with van der Waals surface area (Å²) in [6, 6.07) is 3.35. The normalized spacial score (nSPS) is 10.8. The van der Waals surface area contributed by atoms with Crippen molar-refractivity contribution in [3.05, 3.63) is 17.0 Å². The monoisotopic (exact) mass is 340 g/mol. The van der Waals surface area contributed by atoms with E-state index in [9.17, 15) is 4.79 Å². The number of thiophene rings is 1. The van der Waals surface area contributed by atoms with Crippen molar-refractivity contribution < 1.29 is 14.6 Å². The van der Waals surface area contributed by atoms with Gasteiger partial charge in [0.15, 0.2) is 5.06 Å². The lowest BCUT2D eigenvalue weighted by molar-refractivity contribution is 0.0702. The maximum Gasteiger partial charge on any atom is 0.345 e. The Hall–Kier alpha value is -1.03. The molecule has 0 fully saturated rings. The fourth-order valence-electron chi connectivity index (χ4n) is 2.63. The highest BCUT2D eigenvalue weighted by Crippen LogP contribution is 2.24. The molecule has 4 heteroatoms. The molecule has 0 saturated heterocycles. The highest BCUT2D eigenvalue weighted by molar-refractivity contribution is 7.15. The van der Waals surface area contributed by atoms with Crippen LogP contribution < -0.4 is 4.74 Å². The molecule has 0 aliphatic rings. The van der Waals surface area contributed by atoms with E-state index in [-0.39, 0.29) is 0 Å². The molecule has 0 spiro atoms. The number of rotatable bonds is 15. The Balaban J connectivity index is 1.83. The standard InChI is InChI=1S/C19H32O3S/c1-2-3-4-5-6-7-8-9-10-11-12-13-16-22-18-15-14-17(23-18)19(20)21/h14-15H,2-13,16H2,1H3,(H,20,21). The van der Waals surface area contributed by atoms with Crippen molar-refractivity contribution in [2.24, 2.45) is 0 Å². The summed E-state index contributed by atoms with van der Waals surface area (Å²) in [4.78, 5) is 11.1. The number of aromatic carboxylic acids is 1. The number of hydrogen-bond donors (Lipinski definition) is 1. The minimum Gasteiger partial charge on any atom is -0.484 e. The van der Waals surface area contributed by atoms with Crippen LogP contribution in [0.3, 0.4) is 0 Å². The average molecular weight is 341 g/mol. The number of carboxylic acids is 1. The Kier molecular flexibility index (Phi) is 11.7. The van der Waals surface area contributed by atoms with Gasteiger partial charge in [-0.15, -0.1) is 0 Å². The highest BCUT2D eigenvalue weighted by atomic mass is 32.1. The maximum absolute atomic E-state index is 10.8. The summed E-state index contributed by atoms with van der Waals surface area (Å²) in [6.45, 7) is 2.95. The molecule has 0 saturated carbocycles. The molecular formula is C19H32O3S. The first kappa shape index (κ1) is 20.0. The number of carbonyl (C=O) groups is 1. The maximum atomic E-state index is 10.8. The van der Waals surface area contributed by atoms with Gasteiger partial charge in [0, 0.05) is 0 Å². The molecule has 1 heterocycles. The lowest BCUT2D eigenvalue weighted by Crippen LogP contribution is -1.95. The molecule has 0 bridgehead atoms. The summed E-state index contributed by atoms with van der Waals surface area (Å²) in [5.41, 5.74) is 0. The van der Waals surface area contributed by atoms with E-state index in [1.165, 1.54) is 82.0 Å². The van der Waals surface area contributed by atoms with Gasteiger partial charge < -0.3 is 9.84 Å². The fourth-order valence-corrected chi connectivity index (χ4v) is 3.35. The molecule has 23 heavy (non-hydrogen) atoms. The lowest BCUT2D eigenvalue weighted by Gasteiger charge is -2.04. The van der Waals surface area contributed by atoms with Crippen molar-refractivity contribution in [3.8, 4) is 5.06 Å².